The molecule has 1 unspecified atom stereocenters. The predicted molar refractivity (Wildman–Crippen MR) is 123 cm³/mol. The van der Waals surface area contributed by atoms with Gasteiger partial charge in [-0.25, -0.2) is 4.79 Å². The van der Waals surface area contributed by atoms with Crippen LogP contribution in [-0.4, -0.2) is 67.9 Å². The monoisotopic (exact) mass is 497 g/mol. The number of piperidine rings is 1. The van der Waals surface area contributed by atoms with Crippen molar-refractivity contribution >= 4 is 36.0 Å². The van der Waals surface area contributed by atoms with Gasteiger partial charge in [0.05, 0.1) is 0 Å². The van der Waals surface area contributed by atoms with Gasteiger partial charge in [0.25, 0.3) is 0 Å². The van der Waals surface area contributed by atoms with Gasteiger partial charge in [0, 0.05) is 38.8 Å². The van der Waals surface area contributed by atoms with E-state index in [4.69, 9.17) is 4.74 Å². The highest BCUT2D eigenvalue weighted by atomic mass is 127. The highest BCUT2D eigenvalue weighted by Crippen LogP contribution is 2.15. The Morgan fingerprint density at radius 2 is 1.93 bits per heavy atom. The van der Waals surface area contributed by atoms with E-state index in [2.05, 4.69) is 39.7 Å². The van der Waals surface area contributed by atoms with Gasteiger partial charge in [-0.15, -0.1) is 24.0 Å². The van der Waals surface area contributed by atoms with Crippen molar-refractivity contribution in [2.75, 3.05) is 39.3 Å². The lowest BCUT2D eigenvalue weighted by Gasteiger charge is -2.33. The van der Waals surface area contributed by atoms with Crippen LogP contribution in [0.25, 0.3) is 0 Å². The molecule has 1 aliphatic rings. The Labute approximate surface area is 182 Å². The Morgan fingerprint density at radius 3 is 2.56 bits per heavy atom. The van der Waals surface area contributed by atoms with Crippen LogP contribution < -0.4 is 16.0 Å². The highest BCUT2D eigenvalue weighted by Gasteiger charge is 2.17. The number of amides is 1. The smallest absolute Gasteiger partial charge is 0.407 e. The number of alkyl carbamates (subject to hydrolysis) is 1. The zero-order chi connectivity index (χ0) is 19.4. The van der Waals surface area contributed by atoms with Crippen LogP contribution in [0.5, 0.6) is 0 Å². The van der Waals surface area contributed by atoms with Crippen molar-refractivity contribution in [3.8, 4) is 0 Å². The Kier molecular flexibility index (Phi) is 13.9. The molecule has 7 nitrogen and oxygen atoms in total. The molecule has 1 saturated heterocycles. The first-order chi connectivity index (χ1) is 12.3. The summed E-state index contributed by atoms with van der Waals surface area (Å²) in [5, 5.41) is 9.43. The number of hydrogen-bond donors (Lipinski definition) is 3. The lowest BCUT2D eigenvalue weighted by atomic mass is 10.0. The van der Waals surface area contributed by atoms with Crippen LogP contribution >= 0.6 is 24.0 Å². The summed E-state index contributed by atoms with van der Waals surface area (Å²) < 4.78 is 5.21. The Bertz CT molecular complexity index is 440. The molecule has 1 rings (SSSR count). The largest absolute Gasteiger partial charge is 0.444 e. The molecule has 0 aliphatic carbocycles. The van der Waals surface area contributed by atoms with Crippen LogP contribution in [-0.2, 0) is 4.74 Å². The van der Waals surface area contributed by atoms with Gasteiger partial charge >= 0.3 is 6.09 Å². The zero-order valence-corrected chi connectivity index (χ0v) is 20.1. The van der Waals surface area contributed by atoms with Crippen molar-refractivity contribution in [3.05, 3.63) is 0 Å². The quantitative estimate of drug-likeness (QED) is 0.208. The first-order valence-corrected chi connectivity index (χ1v) is 10.0. The number of carbonyl (C=O) groups is 1. The standard InChI is InChI=1S/C19H39N5O2.HI/c1-6-20-17(22-13-15-24-14-8-7-10-16(24)2)21-11-9-12-23-18(25)26-19(3,4)5;/h16H,6-15H2,1-5H3,(H,23,25)(H2,20,21,22);1H. The summed E-state index contributed by atoms with van der Waals surface area (Å²) in [7, 11) is 0. The fourth-order valence-electron chi connectivity index (χ4n) is 2.92. The summed E-state index contributed by atoms with van der Waals surface area (Å²) in [6, 6.07) is 0.684. The van der Waals surface area contributed by atoms with Crippen LogP contribution in [0.15, 0.2) is 4.99 Å². The average molecular weight is 497 g/mol. The molecule has 0 bridgehead atoms. The Morgan fingerprint density at radius 1 is 1.19 bits per heavy atom. The maximum Gasteiger partial charge on any atom is 0.407 e. The molecule has 0 aromatic carbocycles. The van der Waals surface area contributed by atoms with E-state index in [9.17, 15) is 4.79 Å². The van der Waals surface area contributed by atoms with Crippen molar-refractivity contribution < 1.29 is 9.53 Å². The molecule has 0 aromatic heterocycles. The Hall–Kier alpha value is -0.770. The van der Waals surface area contributed by atoms with Crippen molar-refractivity contribution in [1.82, 2.24) is 20.9 Å². The number of nitrogens with one attached hydrogen (secondary N) is 3. The maximum absolute atomic E-state index is 11.6. The number of aliphatic imine (C=N–C) groups is 1. The third-order valence-electron chi connectivity index (χ3n) is 4.25. The van der Waals surface area contributed by atoms with E-state index in [1.54, 1.807) is 0 Å². The third kappa shape index (κ3) is 13.1. The van der Waals surface area contributed by atoms with Gasteiger partial charge in [-0.05, 0) is 60.4 Å². The van der Waals surface area contributed by atoms with Gasteiger partial charge in [0.1, 0.15) is 5.60 Å². The number of nitrogens with zero attached hydrogens (tertiary/aromatic N) is 2. The summed E-state index contributed by atoms with van der Waals surface area (Å²) in [6.07, 6.45) is 4.37. The average Bonchev–Trinajstić information content (AvgIpc) is 2.54. The minimum Gasteiger partial charge on any atom is -0.444 e. The molecule has 1 amide bonds. The summed E-state index contributed by atoms with van der Waals surface area (Å²) in [5.74, 6) is 0.842. The zero-order valence-electron chi connectivity index (χ0n) is 17.8. The van der Waals surface area contributed by atoms with E-state index < -0.39 is 5.60 Å². The van der Waals surface area contributed by atoms with Crippen LogP contribution in [0.3, 0.4) is 0 Å². The summed E-state index contributed by atoms with van der Waals surface area (Å²) in [4.78, 5) is 18.7. The van der Waals surface area contributed by atoms with E-state index in [0.717, 1.165) is 32.0 Å². The van der Waals surface area contributed by atoms with E-state index in [1.165, 1.54) is 25.8 Å². The molecular formula is C19H40IN5O2. The molecular weight excluding hydrogens is 457 g/mol. The fourth-order valence-corrected chi connectivity index (χ4v) is 2.92. The second-order valence-corrected chi connectivity index (χ2v) is 7.85. The van der Waals surface area contributed by atoms with Gasteiger partial charge in [0.2, 0.25) is 0 Å². The van der Waals surface area contributed by atoms with Crippen LogP contribution in [0.2, 0.25) is 0 Å². The topological polar surface area (TPSA) is 78.0 Å². The molecule has 160 valence electrons. The number of likely N-dealkylation sites (tertiary alicyclic amines) is 1. The summed E-state index contributed by atoms with van der Waals surface area (Å²) in [5.41, 5.74) is -0.462. The molecule has 0 aromatic rings. The van der Waals surface area contributed by atoms with E-state index >= 15 is 0 Å². The minimum absolute atomic E-state index is 0. The minimum atomic E-state index is -0.462. The lowest BCUT2D eigenvalue weighted by Crippen LogP contribution is -2.45. The number of ether oxygens (including phenoxy) is 1. The molecule has 1 aliphatic heterocycles. The van der Waals surface area contributed by atoms with Crippen molar-refractivity contribution in [3.63, 3.8) is 0 Å². The fraction of sp³-hybridized carbons (Fsp3) is 0.895. The van der Waals surface area contributed by atoms with Crippen molar-refractivity contribution in [2.45, 2.75) is 71.9 Å². The molecule has 3 N–H and O–H groups in total. The number of carbonyl (C=O) groups excluding carboxylic acids is 1. The molecule has 1 atom stereocenters. The second kappa shape index (κ2) is 14.3. The number of hydrogen-bond acceptors (Lipinski definition) is 4. The molecule has 1 heterocycles. The lowest BCUT2D eigenvalue weighted by molar-refractivity contribution is 0.0527. The SMILES string of the molecule is CCNC(=NCCCNC(=O)OC(C)(C)C)NCCN1CCCCC1C.I. The molecule has 0 spiro atoms. The molecule has 0 saturated carbocycles. The van der Waals surface area contributed by atoms with E-state index in [0.29, 0.717) is 19.1 Å². The normalized spacial score (nSPS) is 18.4. The van der Waals surface area contributed by atoms with Crippen LogP contribution in [0.4, 0.5) is 4.79 Å². The third-order valence-corrected chi connectivity index (χ3v) is 4.25. The predicted octanol–water partition coefficient (Wildman–Crippen LogP) is 2.95. The van der Waals surface area contributed by atoms with Gasteiger partial charge in [-0.1, -0.05) is 6.42 Å². The summed E-state index contributed by atoms with van der Waals surface area (Å²) in [6.45, 7) is 15.1. The van der Waals surface area contributed by atoms with Gasteiger partial charge in [0.15, 0.2) is 5.96 Å². The summed E-state index contributed by atoms with van der Waals surface area (Å²) >= 11 is 0. The van der Waals surface area contributed by atoms with E-state index in [1.807, 2.05) is 20.8 Å². The van der Waals surface area contributed by atoms with Crippen molar-refractivity contribution in [1.29, 1.82) is 0 Å². The van der Waals surface area contributed by atoms with Gasteiger partial charge in [-0.2, -0.15) is 0 Å². The number of guanidine groups is 1. The first-order valence-electron chi connectivity index (χ1n) is 10.0. The van der Waals surface area contributed by atoms with Gasteiger partial charge in [-0.3, -0.25) is 9.89 Å². The second-order valence-electron chi connectivity index (χ2n) is 7.85. The molecule has 27 heavy (non-hydrogen) atoms. The molecule has 0 radical (unpaired) electrons. The molecule has 8 heteroatoms. The van der Waals surface area contributed by atoms with E-state index in [-0.39, 0.29) is 30.1 Å². The first kappa shape index (κ1) is 26.2. The maximum atomic E-state index is 11.6. The number of rotatable bonds is 8. The van der Waals surface area contributed by atoms with Crippen LogP contribution in [0, 0.1) is 0 Å². The molecule has 1 fully saturated rings. The highest BCUT2D eigenvalue weighted by molar-refractivity contribution is 14.0. The van der Waals surface area contributed by atoms with Crippen LogP contribution in [0.1, 0.15) is 60.3 Å². The number of halogens is 1. The van der Waals surface area contributed by atoms with Gasteiger partial charge < -0.3 is 20.7 Å². The van der Waals surface area contributed by atoms with Crippen molar-refractivity contribution in [2.24, 2.45) is 4.99 Å². The Balaban J connectivity index is 0.00000676.